The zero-order valence-electron chi connectivity index (χ0n) is 13.8. The molecule has 7 nitrogen and oxygen atoms in total. The van der Waals surface area contributed by atoms with Crippen LogP contribution in [0.3, 0.4) is 0 Å². The normalized spacial score (nSPS) is 20.2. The van der Waals surface area contributed by atoms with Gasteiger partial charge in [0.2, 0.25) is 5.91 Å². The van der Waals surface area contributed by atoms with Crippen LogP contribution < -0.4 is 5.32 Å². The molecule has 8 heteroatoms. The van der Waals surface area contributed by atoms with Crippen LogP contribution >= 0.6 is 0 Å². The second-order valence-electron chi connectivity index (χ2n) is 5.96. The van der Waals surface area contributed by atoms with E-state index in [2.05, 4.69) is 5.32 Å². The van der Waals surface area contributed by atoms with Crippen LogP contribution in [0, 0.1) is 5.82 Å². The van der Waals surface area contributed by atoms with Crippen LogP contribution in [0.15, 0.2) is 24.3 Å². The molecule has 1 atom stereocenters. The first-order valence-corrected chi connectivity index (χ1v) is 7.38. The van der Waals surface area contributed by atoms with Crippen LogP contribution in [0.4, 0.5) is 9.18 Å². The van der Waals surface area contributed by atoms with Crippen LogP contribution in [-0.2, 0) is 20.9 Å². The summed E-state index contributed by atoms with van der Waals surface area (Å²) in [7, 11) is 2.98. The Balaban J connectivity index is 1.99. The molecule has 130 valence electrons. The molecule has 2 rings (SSSR count). The highest BCUT2D eigenvalue weighted by atomic mass is 19.1. The second kappa shape index (κ2) is 6.96. The van der Waals surface area contributed by atoms with Crippen molar-refractivity contribution >= 4 is 17.8 Å². The van der Waals surface area contributed by atoms with Crippen molar-refractivity contribution in [2.75, 3.05) is 27.3 Å². The Bertz CT molecular complexity index is 649. The smallest absolute Gasteiger partial charge is 0.325 e. The summed E-state index contributed by atoms with van der Waals surface area (Å²) in [6.45, 7) is 1.46. The third-order valence-corrected chi connectivity index (χ3v) is 3.83. The molecule has 0 bridgehead atoms. The molecule has 1 heterocycles. The van der Waals surface area contributed by atoms with E-state index in [0.29, 0.717) is 0 Å². The minimum absolute atomic E-state index is 0.0215. The number of imide groups is 1. The molecular formula is C16H20FN3O4. The Labute approximate surface area is 139 Å². The first kappa shape index (κ1) is 17.9. The molecule has 0 saturated carbocycles. The maximum absolute atomic E-state index is 12.9. The number of halogens is 1. The van der Waals surface area contributed by atoms with Crippen molar-refractivity contribution in [2.24, 2.45) is 0 Å². The summed E-state index contributed by atoms with van der Waals surface area (Å²) >= 11 is 0. The van der Waals surface area contributed by atoms with Crippen LogP contribution in [0.2, 0.25) is 0 Å². The van der Waals surface area contributed by atoms with Gasteiger partial charge in [0.1, 0.15) is 17.9 Å². The van der Waals surface area contributed by atoms with Crippen molar-refractivity contribution < 1.29 is 23.5 Å². The molecule has 1 aliphatic rings. The molecule has 0 aliphatic carbocycles. The highest BCUT2D eigenvalue weighted by Crippen LogP contribution is 2.18. The van der Waals surface area contributed by atoms with Gasteiger partial charge in [-0.25, -0.2) is 9.18 Å². The number of rotatable bonds is 6. The lowest BCUT2D eigenvalue weighted by atomic mass is 10.0. The van der Waals surface area contributed by atoms with E-state index in [1.165, 1.54) is 24.1 Å². The Morgan fingerprint density at radius 2 is 1.96 bits per heavy atom. The van der Waals surface area contributed by atoms with Crippen molar-refractivity contribution in [3.8, 4) is 0 Å². The van der Waals surface area contributed by atoms with E-state index in [-0.39, 0.29) is 25.5 Å². The Hall–Kier alpha value is -2.48. The number of amides is 4. The summed E-state index contributed by atoms with van der Waals surface area (Å²) in [5.74, 6) is -1.26. The monoisotopic (exact) mass is 337 g/mol. The summed E-state index contributed by atoms with van der Waals surface area (Å²) in [6.07, 6.45) is 0. The summed E-state index contributed by atoms with van der Waals surface area (Å²) in [4.78, 5) is 38.8. The molecule has 1 aromatic carbocycles. The van der Waals surface area contributed by atoms with Gasteiger partial charge in [0, 0.05) is 20.7 Å². The molecule has 0 radical (unpaired) electrons. The van der Waals surface area contributed by atoms with Crippen molar-refractivity contribution in [1.82, 2.24) is 15.1 Å². The maximum atomic E-state index is 12.9. The fraction of sp³-hybridized carbons (Fsp3) is 0.438. The SMILES string of the molecule is COC[C@@]1(C)NC(=O)N(CC(=O)N(C)Cc2ccc(F)cc2)C1=O. The molecule has 0 unspecified atom stereocenters. The van der Waals surface area contributed by atoms with Gasteiger partial charge in [0.15, 0.2) is 0 Å². The summed E-state index contributed by atoms with van der Waals surface area (Å²) in [6, 6.07) is 5.14. The number of likely N-dealkylation sites (N-methyl/N-ethyl adjacent to an activating group) is 1. The Kier molecular flexibility index (Phi) is 5.18. The summed E-state index contributed by atoms with van der Waals surface area (Å²) < 4.78 is 17.8. The fourth-order valence-corrected chi connectivity index (χ4v) is 2.48. The number of carbonyl (C=O) groups is 3. The maximum Gasteiger partial charge on any atom is 0.325 e. The van der Waals surface area contributed by atoms with E-state index >= 15 is 0 Å². The first-order valence-electron chi connectivity index (χ1n) is 7.38. The third-order valence-electron chi connectivity index (χ3n) is 3.83. The molecule has 0 spiro atoms. The fourth-order valence-electron chi connectivity index (χ4n) is 2.48. The number of nitrogens with zero attached hydrogens (tertiary/aromatic N) is 2. The highest BCUT2D eigenvalue weighted by molar-refractivity contribution is 6.08. The lowest BCUT2D eigenvalue weighted by molar-refractivity contribution is -0.139. The number of carbonyl (C=O) groups excluding carboxylic acids is 3. The quantitative estimate of drug-likeness (QED) is 0.777. The minimum atomic E-state index is -1.17. The van der Waals surface area contributed by atoms with Gasteiger partial charge in [-0.3, -0.25) is 14.5 Å². The summed E-state index contributed by atoms with van der Waals surface area (Å²) in [5, 5.41) is 2.53. The number of urea groups is 1. The Morgan fingerprint density at radius 3 is 2.54 bits per heavy atom. The summed E-state index contributed by atoms with van der Waals surface area (Å²) in [5.41, 5.74) is -0.421. The Morgan fingerprint density at radius 1 is 1.33 bits per heavy atom. The van der Waals surface area contributed by atoms with Crippen LogP contribution in [0.1, 0.15) is 12.5 Å². The number of hydrogen-bond donors (Lipinski definition) is 1. The molecule has 4 amide bonds. The van der Waals surface area contributed by atoms with Crippen molar-refractivity contribution in [2.45, 2.75) is 19.0 Å². The van der Waals surface area contributed by atoms with E-state index < -0.39 is 23.4 Å². The van der Waals surface area contributed by atoms with Crippen molar-refractivity contribution in [3.05, 3.63) is 35.6 Å². The van der Waals surface area contributed by atoms with Crippen LogP contribution in [0.25, 0.3) is 0 Å². The molecule has 0 aromatic heterocycles. The zero-order valence-corrected chi connectivity index (χ0v) is 13.8. The van der Waals surface area contributed by atoms with Gasteiger partial charge in [-0.2, -0.15) is 0 Å². The lowest BCUT2D eigenvalue weighted by Gasteiger charge is -2.22. The van der Waals surface area contributed by atoms with Gasteiger partial charge in [0.05, 0.1) is 6.61 Å². The van der Waals surface area contributed by atoms with E-state index in [1.807, 2.05) is 0 Å². The minimum Gasteiger partial charge on any atom is -0.382 e. The first-order chi connectivity index (χ1) is 11.3. The lowest BCUT2D eigenvalue weighted by Crippen LogP contribution is -2.48. The van der Waals surface area contributed by atoms with E-state index in [9.17, 15) is 18.8 Å². The zero-order chi connectivity index (χ0) is 17.9. The van der Waals surface area contributed by atoms with Crippen molar-refractivity contribution in [1.29, 1.82) is 0 Å². The number of ether oxygens (including phenoxy) is 1. The highest BCUT2D eigenvalue weighted by Gasteiger charge is 2.48. The molecule has 24 heavy (non-hydrogen) atoms. The van der Waals surface area contributed by atoms with Gasteiger partial charge >= 0.3 is 6.03 Å². The van der Waals surface area contributed by atoms with Crippen LogP contribution in [-0.4, -0.2) is 60.5 Å². The molecule has 1 aliphatic heterocycles. The largest absolute Gasteiger partial charge is 0.382 e. The van der Waals surface area contributed by atoms with E-state index in [1.54, 1.807) is 26.1 Å². The van der Waals surface area contributed by atoms with Crippen LogP contribution in [0.5, 0.6) is 0 Å². The molecule has 1 N–H and O–H groups in total. The van der Waals surface area contributed by atoms with Gasteiger partial charge in [-0.05, 0) is 24.6 Å². The standard InChI is InChI=1S/C16H20FN3O4/c1-16(10-24-3)14(22)20(15(23)18-16)9-13(21)19(2)8-11-4-6-12(17)7-5-11/h4-7H,8-10H2,1-3H3,(H,18,23)/t16-/m1/s1. The average Bonchev–Trinajstić information content (AvgIpc) is 2.73. The number of methoxy groups -OCH3 is 1. The predicted octanol–water partition coefficient (Wildman–Crippen LogP) is 0.741. The van der Waals surface area contributed by atoms with E-state index in [0.717, 1.165) is 10.5 Å². The van der Waals surface area contributed by atoms with Gasteiger partial charge in [0.25, 0.3) is 5.91 Å². The topological polar surface area (TPSA) is 79.0 Å². The van der Waals surface area contributed by atoms with Gasteiger partial charge in [-0.15, -0.1) is 0 Å². The van der Waals surface area contributed by atoms with E-state index in [4.69, 9.17) is 4.74 Å². The van der Waals surface area contributed by atoms with Gasteiger partial charge < -0.3 is 15.0 Å². The molecule has 1 saturated heterocycles. The molecule has 1 aromatic rings. The van der Waals surface area contributed by atoms with Gasteiger partial charge in [-0.1, -0.05) is 12.1 Å². The van der Waals surface area contributed by atoms with Crippen molar-refractivity contribution in [3.63, 3.8) is 0 Å². The number of hydrogen-bond acceptors (Lipinski definition) is 4. The predicted molar refractivity (Wildman–Crippen MR) is 83.4 cm³/mol. The number of nitrogens with one attached hydrogen (secondary N) is 1. The number of benzene rings is 1. The average molecular weight is 337 g/mol. The second-order valence-corrected chi connectivity index (χ2v) is 5.96. The molecular weight excluding hydrogens is 317 g/mol. The molecule has 1 fully saturated rings. The third kappa shape index (κ3) is 3.70.